The maximum absolute atomic E-state index is 9.61. The Hall–Kier alpha value is -0.650. The number of nitrogens with zero attached hydrogens (tertiary/aromatic N) is 2. The zero-order chi connectivity index (χ0) is 13.9. The van der Waals surface area contributed by atoms with E-state index in [1.807, 2.05) is 27.0 Å². The van der Waals surface area contributed by atoms with Gasteiger partial charge in [-0.1, -0.05) is 18.2 Å². The number of thioether (sulfide) groups is 1. The summed E-state index contributed by atoms with van der Waals surface area (Å²) in [5, 5.41) is 14.3. The molecule has 0 spiro atoms. The van der Waals surface area contributed by atoms with Crippen molar-refractivity contribution in [1.82, 2.24) is 15.3 Å². The zero-order valence-electron chi connectivity index (χ0n) is 11.9. The topological polar surface area (TPSA) is 58.0 Å². The van der Waals surface area contributed by atoms with Gasteiger partial charge < -0.3 is 10.4 Å². The average molecular weight is 281 g/mol. The molecule has 0 aliphatic heterocycles. The van der Waals surface area contributed by atoms with Crippen molar-refractivity contribution in [2.45, 2.75) is 55.5 Å². The summed E-state index contributed by atoms with van der Waals surface area (Å²) >= 11 is 1.75. The van der Waals surface area contributed by atoms with E-state index in [1.165, 1.54) is 6.42 Å². The first-order valence-electron chi connectivity index (χ1n) is 6.85. The van der Waals surface area contributed by atoms with E-state index in [2.05, 4.69) is 15.3 Å². The van der Waals surface area contributed by atoms with Gasteiger partial charge in [0.2, 0.25) is 0 Å². The van der Waals surface area contributed by atoms with Gasteiger partial charge in [0.15, 0.2) is 5.16 Å². The van der Waals surface area contributed by atoms with Crippen LogP contribution in [0.5, 0.6) is 0 Å². The maximum Gasteiger partial charge on any atom is 0.188 e. The van der Waals surface area contributed by atoms with Crippen molar-refractivity contribution in [2.24, 2.45) is 0 Å². The molecule has 1 heterocycles. The van der Waals surface area contributed by atoms with Gasteiger partial charge >= 0.3 is 0 Å². The fourth-order valence-electron chi connectivity index (χ4n) is 2.75. The first-order valence-corrected chi connectivity index (χ1v) is 7.73. The van der Waals surface area contributed by atoms with Gasteiger partial charge in [-0.05, 0) is 46.2 Å². The van der Waals surface area contributed by atoms with Gasteiger partial charge in [-0.15, -0.1) is 0 Å². The second kappa shape index (κ2) is 6.20. The smallest absolute Gasteiger partial charge is 0.188 e. The average Bonchev–Trinajstić information content (AvgIpc) is 2.37. The van der Waals surface area contributed by atoms with Crippen molar-refractivity contribution in [3.05, 3.63) is 17.5 Å². The Morgan fingerprint density at radius 2 is 2.11 bits per heavy atom. The van der Waals surface area contributed by atoms with Crippen molar-refractivity contribution in [3.8, 4) is 0 Å². The summed E-state index contributed by atoms with van der Waals surface area (Å²) < 4.78 is 0. The third-order valence-corrected chi connectivity index (χ3v) is 5.00. The predicted octanol–water partition coefficient (Wildman–Crippen LogP) is 2.08. The van der Waals surface area contributed by atoms with E-state index in [0.717, 1.165) is 35.8 Å². The van der Waals surface area contributed by atoms with Gasteiger partial charge in [0.1, 0.15) is 0 Å². The highest BCUT2D eigenvalue weighted by Crippen LogP contribution is 2.37. The Balaban J connectivity index is 2.06. The van der Waals surface area contributed by atoms with Crippen LogP contribution < -0.4 is 5.32 Å². The van der Waals surface area contributed by atoms with Crippen molar-refractivity contribution in [3.63, 3.8) is 0 Å². The molecule has 2 unspecified atom stereocenters. The number of aryl methyl sites for hydroxylation is 2. The number of hydrogen-bond acceptors (Lipinski definition) is 5. The highest BCUT2D eigenvalue weighted by molar-refractivity contribution is 7.99. The maximum atomic E-state index is 9.61. The quantitative estimate of drug-likeness (QED) is 0.828. The van der Waals surface area contributed by atoms with Crippen molar-refractivity contribution >= 4 is 11.8 Å². The Morgan fingerprint density at radius 1 is 1.42 bits per heavy atom. The largest absolute Gasteiger partial charge is 0.394 e. The van der Waals surface area contributed by atoms with Crippen LogP contribution in [0.1, 0.15) is 37.1 Å². The first-order chi connectivity index (χ1) is 9.07. The summed E-state index contributed by atoms with van der Waals surface area (Å²) in [6, 6.07) is 2.00. The van der Waals surface area contributed by atoms with E-state index < -0.39 is 0 Å². The van der Waals surface area contributed by atoms with Crippen molar-refractivity contribution < 1.29 is 5.11 Å². The number of hydrogen-bond donors (Lipinski definition) is 2. The lowest BCUT2D eigenvalue weighted by molar-refractivity contribution is 0.131. The van der Waals surface area contributed by atoms with E-state index in [0.29, 0.717) is 5.25 Å². The minimum absolute atomic E-state index is 0.116. The minimum Gasteiger partial charge on any atom is -0.394 e. The number of aliphatic hydroxyl groups is 1. The number of aliphatic hydroxyl groups excluding tert-OH is 1. The number of aromatic nitrogens is 2. The van der Waals surface area contributed by atoms with E-state index in [-0.39, 0.29) is 12.1 Å². The molecule has 0 saturated heterocycles. The molecule has 2 rings (SSSR count). The Bertz CT molecular complexity index is 414. The van der Waals surface area contributed by atoms with E-state index in [1.54, 1.807) is 11.8 Å². The molecule has 0 amide bonds. The molecule has 2 atom stereocenters. The summed E-state index contributed by atoms with van der Waals surface area (Å²) in [4.78, 5) is 8.99. The van der Waals surface area contributed by atoms with Crippen molar-refractivity contribution in [2.75, 3.05) is 13.7 Å². The number of nitrogens with one attached hydrogen (secondary N) is 1. The fourth-order valence-corrected chi connectivity index (χ4v) is 4.13. The highest BCUT2D eigenvalue weighted by Gasteiger charge is 2.35. The molecule has 1 aliphatic rings. The molecule has 0 bridgehead atoms. The Morgan fingerprint density at radius 3 is 2.68 bits per heavy atom. The molecular formula is C14H23N3OS. The Labute approximate surface area is 119 Å². The number of rotatable bonds is 4. The fraction of sp³-hybridized carbons (Fsp3) is 0.714. The van der Waals surface area contributed by atoms with Gasteiger partial charge in [0.25, 0.3) is 0 Å². The molecule has 0 radical (unpaired) electrons. The normalized spacial score (nSPS) is 27.5. The van der Waals surface area contributed by atoms with Crippen LogP contribution in [0.25, 0.3) is 0 Å². The predicted molar refractivity (Wildman–Crippen MR) is 78.5 cm³/mol. The minimum atomic E-state index is -0.116. The SMILES string of the molecule is CNC1(CO)CCCC(Sc2nc(C)cc(C)n2)C1. The molecule has 2 N–H and O–H groups in total. The molecule has 1 fully saturated rings. The summed E-state index contributed by atoms with van der Waals surface area (Å²) in [6.45, 7) is 4.21. The first kappa shape index (κ1) is 14.8. The molecule has 1 saturated carbocycles. The van der Waals surface area contributed by atoms with Crippen LogP contribution in [0.2, 0.25) is 0 Å². The molecule has 5 heteroatoms. The lowest BCUT2D eigenvalue weighted by Gasteiger charge is -2.39. The summed E-state index contributed by atoms with van der Waals surface area (Å²) in [5.74, 6) is 0. The van der Waals surface area contributed by atoms with Crippen LogP contribution in [0.4, 0.5) is 0 Å². The van der Waals surface area contributed by atoms with Crippen LogP contribution in [0.3, 0.4) is 0 Å². The zero-order valence-corrected chi connectivity index (χ0v) is 12.8. The monoisotopic (exact) mass is 281 g/mol. The molecule has 1 aromatic heterocycles. The third kappa shape index (κ3) is 3.68. The van der Waals surface area contributed by atoms with E-state index >= 15 is 0 Å². The highest BCUT2D eigenvalue weighted by atomic mass is 32.2. The summed E-state index contributed by atoms with van der Waals surface area (Å²) in [5.41, 5.74) is 1.93. The van der Waals surface area contributed by atoms with Gasteiger partial charge in [-0.25, -0.2) is 9.97 Å². The van der Waals surface area contributed by atoms with Gasteiger partial charge in [-0.3, -0.25) is 0 Å². The molecular weight excluding hydrogens is 258 g/mol. The third-order valence-electron chi connectivity index (χ3n) is 3.87. The van der Waals surface area contributed by atoms with Crippen molar-refractivity contribution in [1.29, 1.82) is 0 Å². The van der Waals surface area contributed by atoms with Crippen LogP contribution in [-0.2, 0) is 0 Å². The van der Waals surface area contributed by atoms with Gasteiger partial charge in [-0.2, -0.15) is 0 Å². The van der Waals surface area contributed by atoms with Gasteiger partial charge in [0, 0.05) is 22.2 Å². The molecule has 19 heavy (non-hydrogen) atoms. The molecule has 4 nitrogen and oxygen atoms in total. The van der Waals surface area contributed by atoms with Crippen LogP contribution in [-0.4, -0.2) is 39.5 Å². The molecule has 0 aromatic carbocycles. The van der Waals surface area contributed by atoms with Crippen LogP contribution in [0.15, 0.2) is 11.2 Å². The molecule has 1 aliphatic carbocycles. The van der Waals surface area contributed by atoms with E-state index in [4.69, 9.17) is 0 Å². The molecule has 1 aromatic rings. The summed E-state index contributed by atoms with van der Waals surface area (Å²) in [7, 11) is 1.94. The lowest BCUT2D eigenvalue weighted by atomic mass is 9.82. The number of likely N-dealkylation sites (N-methyl/N-ethyl adjacent to an activating group) is 1. The second-order valence-corrected chi connectivity index (χ2v) is 6.73. The van der Waals surface area contributed by atoms with Crippen LogP contribution in [0, 0.1) is 13.8 Å². The lowest BCUT2D eigenvalue weighted by Crippen LogP contribution is -2.50. The standard InChI is InChI=1S/C14H23N3OS/c1-10-7-11(2)17-13(16-10)19-12-5-4-6-14(8-12,9-18)15-3/h7,12,15,18H,4-6,8-9H2,1-3H3. The Kier molecular flexibility index (Phi) is 4.81. The van der Waals surface area contributed by atoms with E-state index in [9.17, 15) is 5.11 Å². The molecule has 106 valence electrons. The second-order valence-electron chi connectivity index (χ2n) is 5.46. The van der Waals surface area contributed by atoms with Gasteiger partial charge in [0.05, 0.1) is 6.61 Å². The van der Waals surface area contributed by atoms with Crippen LogP contribution >= 0.6 is 11.8 Å². The summed E-state index contributed by atoms with van der Waals surface area (Å²) in [6.07, 6.45) is 4.33.